The molecule has 6 aromatic carbocycles. The molecule has 0 bridgehead atoms. The first kappa shape index (κ1) is 74.4. The van der Waals surface area contributed by atoms with E-state index in [1.54, 1.807) is 28.0 Å². The van der Waals surface area contributed by atoms with Crippen molar-refractivity contribution in [3.05, 3.63) is 161 Å². The van der Waals surface area contributed by atoms with Gasteiger partial charge in [0.2, 0.25) is 23.6 Å². The largest absolute Gasteiger partial charge is 0.490 e. The van der Waals surface area contributed by atoms with Crippen molar-refractivity contribution >= 4 is 65.6 Å². The number of anilines is 5. The molecule has 6 fully saturated rings. The number of ether oxygens (including phenoxy) is 6. The van der Waals surface area contributed by atoms with Crippen LogP contribution in [0.2, 0.25) is 0 Å². The number of aromatic nitrogens is 1. The summed E-state index contributed by atoms with van der Waals surface area (Å²) in [6, 6.07) is 43.7. The molecule has 4 heterocycles. The predicted molar refractivity (Wildman–Crippen MR) is 385 cm³/mol. The maximum Gasteiger partial charge on any atom is 0.248 e. The van der Waals surface area contributed by atoms with Gasteiger partial charge < -0.3 is 74.4 Å². The van der Waals surface area contributed by atoms with Gasteiger partial charge in [0.1, 0.15) is 25.3 Å². The van der Waals surface area contributed by atoms with Crippen LogP contribution in [0.25, 0.3) is 0 Å². The highest BCUT2D eigenvalue weighted by atomic mass is 16.5. The molecule has 1 aromatic heterocycles. The number of hydrogen-bond acceptors (Lipinski definition) is 18. The third kappa shape index (κ3) is 20.0. The van der Waals surface area contributed by atoms with Crippen LogP contribution in [-0.4, -0.2) is 93.5 Å². The van der Waals surface area contributed by atoms with Crippen molar-refractivity contribution in [2.24, 2.45) is 5.73 Å². The molecule has 6 aliphatic rings. The molecule has 0 spiro atoms. The molecule has 22 nitrogen and oxygen atoms in total. The molecule has 22 heteroatoms. The summed E-state index contributed by atoms with van der Waals surface area (Å²) in [7, 11) is 0. The maximum atomic E-state index is 12.9. The minimum atomic E-state index is -0.516. The van der Waals surface area contributed by atoms with Crippen molar-refractivity contribution in [2.75, 3.05) is 59.0 Å². The van der Waals surface area contributed by atoms with E-state index in [4.69, 9.17) is 70.3 Å². The molecular formula is C79H91N9O13. The van der Waals surface area contributed by atoms with Gasteiger partial charge in [0, 0.05) is 104 Å². The molecule has 13 rings (SSSR count). The van der Waals surface area contributed by atoms with E-state index in [2.05, 4.69) is 23.4 Å². The van der Waals surface area contributed by atoms with E-state index in [-0.39, 0.29) is 60.4 Å². The second-order valence-corrected chi connectivity index (χ2v) is 26.0. The van der Waals surface area contributed by atoms with Gasteiger partial charge in [0.15, 0.2) is 52.6 Å². The fourth-order valence-corrected chi connectivity index (χ4v) is 13.8. The summed E-state index contributed by atoms with van der Waals surface area (Å²) < 4.78 is 42.0. The molecule has 3 saturated carbocycles. The Morgan fingerprint density at radius 3 is 1.35 bits per heavy atom. The lowest BCUT2D eigenvalue weighted by atomic mass is 9.97. The summed E-state index contributed by atoms with van der Waals surface area (Å²) in [5.74, 6) is 5.10. The van der Waals surface area contributed by atoms with Crippen molar-refractivity contribution in [3.63, 3.8) is 0 Å². The molecule has 4 amide bonds. The van der Waals surface area contributed by atoms with E-state index in [1.165, 1.54) is 25.7 Å². The second kappa shape index (κ2) is 36.8. The van der Waals surface area contributed by atoms with Crippen molar-refractivity contribution in [3.8, 4) is 52.4 Å². The number of benzene rings is 6. The minimum absolute atomic E-state index is 0.00549. The molecule has 101 heavy (non-hydrogen) atoms. The maximum absolute atomic E-state index is 12.9. The number of hydrogen-bond donors (Lipinski definition) is 3. The highest BCUT2D eigenvalue weighted by Crippen LogP contribution is 2.44. The molecule has 7 aromatic rings. The fraction of sp³-hybridized carbons (Fsp3) is 0.405. The summed E-state index contributed by atoms with van der Waals surface area (Å²) in [6.07, 6.45) is 18.5. The van der Waals surface area contributed by atoms with Crippen LogP contribution in [0, 0.1) is 36.5 Å². The topological polar surface area (TPSA) is 319 Å². The number of primary amides is 1. The van der Waals surface area contributed by atoms with Crippen LogP contribution in [0.3, 0.4) is 0 Å². The summed E-state index contributed by atoms with van der Waals surface area (Å²) >= 11 is 0. The highest BCUT2D eigenvalue weighted by molar-refractivity contribution is 6.00. The zero-order valence-corrected chi connectivity index (χ0v) is 57.7. The average molecular weight is 1370 g/mol. The van der Waals surface area contributed by atoms with Crippen LogP contribution in [0.15, 0.2) is 132 Å². The number of nitrogens with zero attached hydrogens (tertiary/aromatic N) is 6. The first-order valence-electron chi connectivity index (χ1n) is 34.8. The highest BCUT2D eigenvalue weighted by Gasteiger charge is 2.36. The van der Waals surface area contributed by atoms with Crippen LogP contribution >= 0.6 is 0 Å². The Morgan fingerprint density at radius 2 is 0.941 bits per heavy atom. The number of amides is 4. The molecule has 3 aliphatic heterocycles. The van der Waals surface area contributed by atoms with E-state index < -0.39 is 5.91 Å². The molecule has 0 unspecified atom stereocenters. The minimum Gasteiger partial charge on any atom is -0.490 e. The quantitative estimate of drug-likeness (QED) is 0.0396. The van der Waals surface area contributed by atoms with Gasteiger partial charge in [-0.1, -0.05) is 41.6 Å². The predicted octanol–water partition coefficient (Wildman–Crippen LogP) is 14.2. The van der Waals surface area contributed by atoms with Crippen molar-refractivity contribution in [2.45, 2.75) is 172 Å². The number of nitrogens with two attached hydrogens (primary N) is 3. The molecule has 3 atom stereocenters. The number of carbonyl (C=O) groups excluding carboxylic acids is 6. The summed E-state index contributed by atoms with van der Waals surface area (Å²) in [4.78, 5) is 71.2. The standard InChI is InChI=1S/C27H29N3O5.C27H33N3O3.C23H25N3O3.2CH2O/c1-16-26(17(2)35-29-16)34-23-11-10-18(13-24(23)33-22-8-3-4-9-22)20-14-25(31)30(15-20)21-7-5-6-19(12-21)27(28)32;28-14-5-1-2-6-15-32-25-13-12-20(16-26(25)33-24-10-3-4-11-24)21-17-27(31)30(19-21)23-9-7-8-22(29)18-23;24-10-11-28-21-9-8-16(12-22(21)29-20-6-1-2-7-20)17-13-23(27)26(15-17)19-5-3-4-18(25)14-19;2*1-2/h5-7,10-13,20,22H,3-4,8-9,14-15H2,1-2H3,(H2,28,32);7-9,12-13,16,18,21,24H,1-6,10-11,15,17,19,29H2;3-5,8-9,12,14,17,20H,1-2,6-7,11,13,15,25H2;2*1H2/t20-;21-;17-;;/m111../s1. The SMILES string of the molecule is C=O.C=O.Cc1noc(C)c1Oc1ccc([C@@H]2CC(=O)N(c3cccc(C(N)=O)c3)C2)cc1OC1CCCC1.N#CCCCCCOc1ccc([C@@H]2CC(=O)N(c3cccc(N)c3)C2)cc1OC1CCCC1.N#CCOc1ccc([C@@H]2CC(=O)N(c3cccc(N)c3)C2)cc1OC1CCCC1. The van der Waals surface area contributed by atoms with Crippen molar-refractivity contribution in [1.82, 2.24) is 5.16 Å². The van der Waals surface area contributed by atoms with Crippen molar-refractivity contribution in [1.29, 1.82) is 10.5 Å². The number of aryl methyl sites for hydroxylation is 2. The number of nitrogen functional groups attached to an aromatic ring is 2. The zero-order valence-electron chi connectivity index (χ0n) is 57.7. The Morgan fingerprint density at radius 1 is 0.525 bits per heavy atom. The second-order valence-electron chi connectivity index (χ2n) is 26.0. The van der Waals surface area contributed by atoms with E-state index in [0.29, 0.717) is 115 Å². The van der Waals surface area contributed by atoms with E-state index in [1.807, 2.05) is 135 Å². The zero-order chi connectivity index (χ0) is 71.8. The van der Waals surface area contributed by atoms with Gasteiger partial charge in [-0.25, -0.2) is 0 Å². The number of carbonyl (C=O) groups is 6. The van der Waals surface area contributed by atoms with Gasteiger partial charge in [-0.05, 0) is 211 Å². The van der Waals surface area contributed by atoms with Crippen molar-refractivity contribution < 1.29 is 61.7 Å². The van der Waals surface area contributed by atoms with Crippen LogP contribution in [0.4, 0.5) is 28.4 Å². The number of nitriles is 2. The molecule has 6 N–H and O–H groups in total. The average Bonchev–Trinajstić information content (AvgIpc) is 1.70. The summed E-state index contributed by atoms with van der Waals surface area (Å²) in [5, 5.41) is 21.5. The summed E-state index contributed by atoms with van der Waals surface area (Å²) in [5.41, 5.74) is 25.1. The third-order valence-corrected chi connectivity index (χ3v) is 18.9. The van der Waals surface area contributed by atoms with E-state index >= 15 is 0 Å². The smallest absolute Gasteiger partial charge is 0.248 e. The molecule has 3 saturated heterocycles. The molecular weight excluding hydrogens is 1280 g/mol. The lowest BCUT2D eigenvalue weighted by molar-refractivity contribution is -0.118. The summed E-state index contributed by atoms with van der Waals surface area (Å²) in [6.45, 7) is 9.97. The Labute approximate surface area is 590 Å². The molecule has 0 radical (unpaired) electrons. The first-order valence-corrected chi connectivity index (χ1v) is 34.8. The van der Waals surface area contributed by atoms with E-state index in [0.717, 1.165) is 110 Å². The van der Waals surface area contributed by atoms with E-state index in [9.17, 15) is 19.2 Å². The van der Waals surface area contributed by atoms with Gasteiger partial charge >= 0.3 is 0 Å². The van der Waals surface area contributed by atoms with Crippen LogP contribution in [0.1, 0.15) is 178 Å². The lowest BCUT2D eigenvalue weighted by Gasteiger charge is -2.20. The lowest BCUT2D eigenvalue weighted by Crippen LogP contribution is -2.24. The monoisotopic (exact) mass is 1370 g/mol. The van der Waals surface area contributed by atoms with Gasteiger partial charge in [-0.3, -0.25) is 19.2 Å². The van der Waals surface area contributed by atoms with Crippen LogP contribution in [0.5, 0.6) is 40.2 Å². The van der Waals surface area contributed by atoms with Gasteiger partial charge in [-0.2, -0.15) is 10.5 Å². The number of rotatable bonds is 23. The number of unbranched alkanes of at least 4 members (excludes halogenated alkanes) is 3. The Hall–Kier alpha value is -10.9. The van der Waals surface area contributed by atoms with Gasteiger partial charge in [0.05, 0.1) is 31.0 Å². The van der Waals surface area contributed by atoms with Gasteiger partial charge in [0.25, 0.3) is 0 Å². The Balaban J connectivity index is 0.000000173. The molecule has 3 aliphatic carbocycles. The fourth-order valence-electron chi connectivity index (χ4n) is 13.8. The van der Waals surface area contributed by atoms with Crippen LogP contribution < -0.4 is 60.3 Å². The molecule has 530 valence electrons. The third-order valence-electron chi connectivity index (χ3n) is 18.9. The first-order chi connectivity index (χ1) is 49.2. The Kier molecular flexibility index (Phi) is 27.1. The Bertz CT molecular complexity index is 4010. The van der Waals surface area contributed by atoms with Gasteiger partial charge in [-0.15, -0.1) is 0 Å². The van der Waals surface area contributed by atoms with Crippen LogP contribution in [-0.2, 0) is 24.0 Å². The normalized spacial score (nSPS) is 18.0.